The maximum Gasteiger partial charge on any atom is 0.256 e. The molecule has 3 heterocycles. The molecule has 6 aromatic rings. The first kappa shape index (κ1) is 28.5. The predicted octanol–water partition coefficient (Wildman–Crippen LogP) is 7.56. The Balaban J connectivity index is 0.000000142. The molecule has 2 aromatic heterocycles. The van der Waals surface area contributed by atoms with Crippen molar-refractivity contribution in [2.75, 3.05) is 26.3 Å². The molecule has 7 heteroatoms. The van der Waals surface area contributed by atoms with E-state index in [1.54, 1.807) is 0 Å². The molecule has 44 heavy (non-hydrogen) atoms. The van der Waals surface area contributed by atoms with Gasteiger partial charge in [0.25, 0.3) is 11.1 Å². The van der Waals surface area contributed by atoms with Crippen molar-refractivity contribution < 1.29 is 4.74 Å². The van der Waals surface area contributed by atoms with Gasteiger partial charge in [-0.2, -0.15) is 0 Å². The molecule has 0 spiro atoms. The van der Waals surface area contributed by atoms with E-state index in [0.717, 1.165) is 75.9 Å². The number of nitrogens with zero attached hydrogens (tertiary/aromatic N) is 1. The van der Waals surface area contributed by atoms with Crippen molar-refractivity contribution >= 4 is 37.5 Å². The second kappa shape index (κ2) is 11.3. The van der Waals surface area contributed by atoms with Crippen LogP contribution in [0.3, 0.4) is 0 Å². The Bertz CT molecular complexity index is 2160. The maximum atomic E-state index is 12.5. The zero-order valence-corrected chi connectivity index (χ0v) is 24.9. The van der Waals surface area contributed by atoms with Gasteiger partial charge in [-0.05, 0) is 34.0 Å². The number of benzene rings is 4. The number of rotatable bonds is 1. The molecular weight excluding hydrogens is 614 g/mol. The minimum Gasteiger partial charge on any atom is -0.379 e. The smallest absolute Gasteiger partial charge is 0.256 e. The Morgan fingerprint density at radius 3 is 1.68 bits per heavy atom. The van der Waals surface area contributed by atoms with E-state index in [-0.39, 0.29) is 29.4 Å². The first-order valence-corrected chi connectivity index (χ1v) is 15.5. The van der Waals surface area contributed by atoms with Crippen molar-refractivity contribution in [2.24, 2.45) is 0 Å². The quantitative estimate of drug-likeness (QED) is 0.181. The van der Waals surface area contributed by atoms with Crippen LogP contribution in [0, 0.1) is 0 Å². The molecule has 0 saturated carbocycles. The van der Waals surface area contributed by atoms with Crippen LogP contribution in [0.25, 0.3) is 44.1 Å². The number of alkyl halides is 1. The summed E-state index contributed by atoms with van der Waals surface area (Å²) in [4.78, 5) is 33.5. The number of aromatic amines is 2. The molecule has 1 saturated heterocycles. The van der Waals surface area contributed by atoms with Crippen molar-refractivity contribution in [2.45, 2.75) is 18.3 Å². The van der Waals surface area contributed by atoms with Crippen molar-refractivity contribution in [3.05, 3.63) is 140 Å². The van der Waals surface area contributed by atoms with E-state index in [9.17, 15) is 9.59 Å². The van der Waals surface area contributed by atoms with Crippen LogP contribution in [0.1, 0.15) is 40.5 Å². The van der Waals surface area contributed by atoms with E-state index < -0.39 is 0 Å². The molecule has 1 aliphatic heterocycles. The summed E-state index contributed by atoms with van der Waals surface area (Å²) in [5, 5.41) is 3.60. The number of pyridine rings is 2. The van der Waals surface area contributed by atoms with Crippen LogP contribution < -0.4 is 11.1 Å². The molecule has 2 N–H and O–H groups in total. The van der Waals surface area contributed by atoms with Crippen molar-refractivity contribution in [1.29, 1.82) is 0 Å². The van der Waals surface area contributed by atoms with Gasteiger partial charge < -0.3 is 14.7 Å². The fourth-order valence-corrected chi connectivity index (χ4v) is 7.88. The van der Waals surface area contributed by atoms with Crippen LogP contribution in [0.5, 0.6) is 0 Å². The Morgan fingerprint density at radius 1 is 0.614 bits per heavy atom. The first-order chi connectivity index (χ1) is 21.1. The molecule has 0 bridgehead atoms. The van der Waals surface area contributed by atoms with Crippen LogP contribution in [0.2, 0.25) is 0 Å². The second-order valence-electron chi connectivity index (χ2n) is 11.2. The molecule has 3 aliphatic rings. The monoisotopic (exact) mass is 645 g/mol. The van der Waals surface area contributed by atoms with E-state index in [0.29, 0.717) is 0 Å². The maximum absolute atomic E-state index is 12.5. The van der Waals surface area contributed by atoms with E-state index in [1.807, 2.05) is 60.7 Å². The number of nitrogens with one attached hydrogen (secondary N) is 2. The molecule has 2 atom stereocenters. The van der Waals surface area contributed by atoms with Crippen LogP contribution >= 0.6 is 15.9 Å². The first-order valence-electron chi connectivity index (χ1n) is 14.6. The number of morpholine rings is 1. The molecule has 2 unspecified atom stereocenters. The normalized spacial score (nSPS) is 18.0. The summed E-state index contributed by atoms with van der Waals surface area (Å²) in [7, 11) is 0. The molecule has 1 fully saturated rings. The zero-order chi connectivity index (χ0) is 29.1. The van der Waals surface area contributed by atoms with E-state index in [1.165, 1.54) is 16.7 Å². The molecule has 9 rings (SSSR count). The molecule has 0 radical (unpaired) electrons. The largest absolute Gasteiger partial charge is 0.379 e. The van der Waals surface area contributed by atoms with Crippen LogP contribution in [-0.2, 0) is 4.74 Å². The number of H-pyrrole nitrogens is 2. The fraction of sp³-hybridized carbons (Fsp3) is 0.189. The lowest BCUT2D eigenvalue weighted by Gasteiger charge is -2.33. The highest BCUT2D eigenvalue weighted by molar-refractivity contribution is 9.09. The van der Waals surface area contributed by atoms with Gasteiger partial charge in [0, 0.05) is 46.1 Å². The van der Waals surface area contributed by atoms with E-state index >= 15 is 0 Å². The molecule has 220 valence electrons. The van der Waals surface area contributed by atoms with Crippen LogP contribution in [-0.4, -0.2) is 41.2 Å². The standard InChI is InChI=1S/C20H18N2O2.C16H10BrNO.CH4/c23-20-16-8-4-1-5-13(16)17-18(21-20)14-6-2-3-7-15(14)19(17)22-9-11-24-12-10-22;17-14-10-6-2-3-7-11(10)15-13(14)9-5-1-4-8-12(9)16(19)18-15;/h1-8,19H,9-12H2,(H,21,23);1-8,14H,(H,18,19);1H4. The van der Waals surface area contributed by atoms with Gasteiger partial charge in [0.05, 0.1) is 35.5 Å². The minimum absolute atomic E-state index is 0. The summed E-state index contributed by atoms with van der Waals surface area (Å²) in [5.74, 6) is 0. The molecule has 2 aliphatic carbocycles. The SMILES string of the molecule is C.O=c1[nH]c2c(c3ccccc13)C(Br)c1ccccc1-2.O=c1[nH]c2c(c3ccccc13)C(N1CCOCC1)c1ccccc1-2. The second-order valence-corrected chi connectivity index (χ2v) is 12.1. The number of aromatic nitrogens is 2. The van der Waals surface area contributed by atoms with Crippen molar-refractivity contribution in [3.8, 4) is 22.5 Å². The molecular formula is C37H32BrN3O3. The summed E-state index contributed by atoms with van der Waals surface area (Å²) in [6.07, 6.45) is 0. The third-order valence-corrected chi connectivity index (χ3v) is 9.86. The van der Waals surface area contributed by atoms with Gasteiger partial charge >= 0.3 is 0 Å². The van der Waals surface area contributed by atoms with Gasteiger partial charge in [0.2, 0.25) is 0 Å². The Labute approximate surface area is 263 Å². The predicted molar refractivity (Wildman–Crippen MR) is 182 cm³/mol. The van der Waals surface area contributed by atoms with Gasteiger partial charge in [0.1, 0.15) is 0 Å². The Morgan fingerprint density at radius 2 is 1.07 bits per heavy atom. The lowest BCUT2D eigenvalue weighted by molar-refractivity contribution is 0.0249. The van der Waals surface area contributed by atoms with Crippen LogP contribution in [0.15, 0.2) is 107 Å². The van der Waals surface area contributed by atoms with Crippen molar-refractivity contribution in [1.82, 2.24) is 14.9 Å². The van der Waals surface area contributed by atoms with E-state index in [4.69, 9.17) is 4.74 Å². The highest BCUT2D eigenvalue weighted by Crippen LogP contribution is 2.49. The average molecular weight is 647 g/mol. The lowest BCUT2D eigenvalue weighted by Crippen LogP contribution is -2.39. The Kier molecular flexibility index (Phi) is 7.33. The summed E-state index contributed by atoms with van der Waals surface area (Å²) in [6, 6.07) is 32.5. The van der Waals surface area contributed by atoms with Gasteiger partial charge in [-0.25, -0.2) is 0 Å². The molecule has 6 nitrogen and oxygen atoms in total. The summed E-state index contributed by atoms with van der Waals surface area (Å²) in [6.45, 7) is 3.34. The third kappa shape index (κ3) is 4.38. The average Bonchev–Trinajstić information content (AvgIpc) is 3.54. The lowest BCUT2D eigenvalue weighted by atomic mass is 9.98. The van der Waals surface area contributed by atoms with Gasteiger partial charge in [-0.1, -0.05) is 108 Å². The van der Waals surface area contributed by atoms with Gasteiger partial charge in [0.15, 0.2) is 0 Å². The highest BCUT2D eigenvalue weighted by Gasteiger charge is 2.36. The molecule has 0 amide bonds. The topological polar surface area (TPSA) is 78.2 Å². The Hall–Kier alpha value is -4.30. The summed E-state index contributed by atoms with van der Waals surface area (Å²) in [5.41, 5.74) is 9.03. The number of hydrogen-bond acceptors (Lipinski definition) is 4. The third-order valence-electron chi connectivity index (χ3n) is 8.91. The highest BCUT2D eigenvalue weighted by atomic mass is 79.9. The van der Waals surface area contributed by atoms with Crippen LogP contribution in [0.4, 0.5) is 0 Å². The number of halogens is 1. The molecule has 4 aromatic carbocycles. The summed E-state index contributed by atoms with van der Waals surface area (Å²) < 4.78 is 5.54. The zero-order valence-electron chi connectivity index (χ0n) is 23.3. The van der Waals surface area contributed by atoms with Gasteiger partial charge in [-0.15, -0.1) is 0 Å². The van der Waals surface area contributed by atoms with E-state index in [2.05, 4.69) is 67.2 Å². The summed E-state index contributed by atoms with van der Waals surface area (Å²) >= 11 is 3.76. The number of hydrogen-bond donors (Lipinski definition) is 2. The van der Waals surface area contributed by atoms with Gasteiger partial charge in [-0.3, -0.25) is 14.5 Å². The minimum atomic E-state index is -0.0225. The number of ether oxygens (including phenoxy) is 1. The fourth-order valence-electron chi connectivity index (χ4n) is 7.00. The van der Waals surface area contributed by atoms with Crippen molar-refractivity contribution in [3.63, 3.8) is 0 Å². The number of fused-ring (bicyclic) bond motifs is 10.